The summed E-state index contributed by atoms with van der Waals surface area (Å²) in [5.74, 6) is 0.833. The molecule has 0 amide bonds. The average molecular weight is 379 g/mol. The molecule has 154 valence electrons. The van der Waals surface area contributed by atoms with Gasteiger partial charge in [0.1, 0.15) is 5.60 Å². The molecule has 3 unspecified atom stereocenters. The number of carbonyl (C=O) groups excluding carboxylic acids is 2. The molecule has 4 saturated carbocycles. The molecule has 4 rings (SSSR count). The van der Waals surface area contributed by atoms with Crippen LogP contribution < -0.4 is 0 Å². The molecule has 0 radical (unpaired) electrons. The molecule has 0 spiro atoms. The first-order valence-electron chi connectivity index (χ1n) is 10.8. The Balaban J connectivity index is 1.75. The third kappa shape index (κ3) is 4.19. The van der Waals surface area contributed by atoms with Crippen LogP contribution in [0.15, 0.2) is 0 Å². The molecule has 0 saturated heterocycles. The van der Waals surface area contributed by atoms with Gasteiger partial charge in [-0.05, 0) is 73.5 Å². The van der Waals surface area contributed by atoms with Crippen LogP contribution in [0.3, 0.4) is 0 Å². The Hall–Kier alpha value is -1.06. The molecule has 4 nitrogen and oxygen atoms in total. The van der Waals surface area contributed by atoms with Crippen LogP contribution >= 0.6 is 0 Å². The number of hydrogen-bond acceptors (Lipinski definition) is 4. The first-order chi connectivity index (χ1) is 12.5. The average Bonchev–Trinajstić information content (AvgIpc) is 2.53. The second kappa shape index (κ2) is 7.08. The Morgan fingerprint density at radius 3 is 2.19 bits per heavy atom. The summed E-state index contributed by atoms with van der Waals surface area (Å²) in [4.78, 5) is 24.7. The maximum Gasteiger partial charge on any atom is 0.344 e. The van der Waals surface area contributed by atoms with E-state index in [1.807, 2.05) is 13.8 Å². The Morgan fingerprint density at radius 2 is 1.70 bits per heavy atom. The molecule has 0 N–H and O–H groups in total. The van der Waals surface area contributed by atoms with Gasteiger partial charge in [-0.1, -0.05) is 41.5 Å². The second-order valence-corrected chi connectivity index (χ2v) is 11.2. The fourth-order valence-electron chi connectivity index (χ4n) is 6.45. The molecule has 4 fully saturated rings. The summed E-state index contributed by atoms with van der Waals surface area (Å²) in [7, 11) is 0. The Bertz CT molecular complexity index is 572. The number of hydrogen-bond donors (Lipinski definition) is 0. The minimum absolute atomic E-state index is 0.0873. The molecule has 27 heavy (non-hydrogen) atoms. The molecule has 0 aromatic heterocycles. The summed E-state index contributed by atoms with van der Waals surface area (Å²) >= 11 is 0. The van der Waals surface area contributed by atoms with Crippen molar-refractivity contribution >= 4 is 11.9 Å². The Morgan fingerprint density at radius 1 is 1.11 bits per heavy atom. The standard InChI is InChI=1S/C23H38O4/c1-7-15(2)20(25)26-13-19(24)27-23(14-21(3,4)5)17-8-16-9-18(23)12-22(6,10-16)11-17/h15-18H,7-14H2,1-6H3. The van der Waals surface area contributed by atoms with Crippen molar-refractivity contribution in [2.24, 2.45) is 34.5 Å². The third-order valence-electron chi connectivity index (χ3n) is 7.34. The molecule has 0 aromatic rings. The van der Waals surface area contributed by atoms with Gasteiger partial charge in [-0.3, -0.25) is 4.79 Å². The summed E-state index contributed by atoms with van der Waals surface area (Å²) in [6.07, 6.45) is 7.64. The number of esters is 2. The highest BCUT2D eigenvalue weighted by atomic mass is 16.6. The van der Waals surface area contributed by atoms with Crippen LogP contribution in [0.4, 0.5) is 0 Å². The minimum Gasteiger partial charge on any atom is -0.456 e. The largest absolute Gasteiger partial charge is 0.456 e. The first kappa shape index (κ1) is 20.7. The number of ether oxygens (including phenoxy) is 2. The Labute approximate surface area is 164 Å². The van der Waals surface area contributed by atoms with E-state index in [1.165, 1.54) is 19.3 Å². The van der Waals surface area contributed by atoms with E-state index in [9.17, 15) is 9.59 Å². The van der Waals surface area contributed by atoms with Gasteiger partial charge in [-0.15, -0.1) is 0 Å². The number of rotatable bonds is 6. The lowest BCUT2D eigenvalue weighted by atomic mass is 9.43. The monoisotopic (exact) mass is 378 g/mol. The van der Waals surface area contributed by atoms with Crippen molar-refractivity contribution in [3.8, 4) is 0 Å². The zero-order valence-electron chi connectivity index (χ0n) is 18.1. The minimum atomic E-state index is -0.380. The zero-order valence-corrected chi connectivity index (χ0v) is 18.1. The maximum atomic E-state index is 12.7. The van der Waals surface area contributed by atoms with Crippen LogP contribution in [-0.4, -0.2) is 24.1 Å². The molecule has 4 aliphatic carbocycles. The highest BCUT2D eigenvalue weighted by Gasteiger charge is 2.63. The van der Waals surface area contributed by atoms with Gasteiger partial charge in [0.15, 0.2) is 6.61 Å². The van der Waals surface area contributed by atoms with Crippen molar-refractivity contribution < 1.29 is 19.1 Å². The van der Waals surface area contributed by atoms with E-state index in [2.05, 4.69) is 27.7 Å². The number of carbonyl (C=O) groups is 2. The van der Waals surface area contributed by atoms with E-state index in [0.717, 1.165) is 25.2 Å². The van der Waals surface area contributed by atoms with Gasteiger partial charge >= 0.3 is 11.9 Å². The van der Waals surface area contributed by atoms with Crippen LogP contribution in [0.25, 0.3) is 0 Å². The highest BCUT2D eigenvalue weighted by molar-refractivity contribution is 5.77. The topological polar surface area (TPSA) is 52.6 Å². The van der Waals surface area contributed by atoms with Gasteiger partial charge < -0.3 is 9.47 Å². The van der Waals surface area contributed by atoms with E-state index in [4.69, 9.17) is 9.47 Å². The normalized spacial score (nSPS) is 38.5. The molecule has 3 atom stereocenters. The second-order valence-electron chi connectivity index (χ2n) is 11.2. The van der Waals surface area contributed by atoms with E-state index in [0.29, 0.717) is 23.7 Å². The van der Waals surface area contributed by atoms with Gasteiger partial charge in [0, 0.05) is 0 Å². The van der Waals surface area contributed by atoms with Gasteiger partial charge in [0.25, 0.3) is 0 Å². The molecule has 0 heterocycles. The maximum absolute atomic E-state index is 12.7. The smallest absolute Gasteiger partial charge is 0.344 e. The van der Waals surface area contributed by atoms with Gasteiger partial charge in [-0.2, -0.15) is 0 Å². The van der Waals surface area contributed by atoms with Crippen LogP contribution in [0.5, 0.6) is 0 Å². The van der Waals surface area contributed by atoms with E-state index < -0.39 is 0 Å². The van der Waals surface area contributed by atoms with Crippen molar-refractivity contribution in [1.82, 2.24) is 0 Å². The van der Waals surface area contributed by atoms with Crippen molar-refractivity contribution in [1.29, 1.82) is 0 Å². The fourth-order valence-corrected chi connectivity index (χ4v) is 6.45. The van der Waals surface area contributed by atoms with Crippen molar-refractivity contribution in [2.75, 3.05) is 6.61 Å². The van der Waals surface area contributed by atoms with Gasteiger partial charge in [0.05, 0.1) is 5.92 Å². The third-order valence-corrected chi connectivity index (χ3v) is 7.34. The lowest BCUT2D eigenvalue weighted by Gasteiger charge is -2.64. The Kier molecular flexibility index (Phi) is 5.42. The quantitative estimate of drug-likeness (QED) is 0.601. The molecule has 4 heteroatoms. The van der Waals surface area contributed by atoms with Crippen molar-refractivity contribution in [3.05, 3.63) is 0 Å². The van der Waals surface area contributed by atoms with E-state index in [-0.39, 0.29) is 35.5 Å². The molecular formula is C23H38O4. The summed E-state index contributed by atoms with van der Waals surface area (Å²) < 4.78 is 11.5. The molecular weight excluding hydrogens is 340 g/mol. The molecule has 0 aliphatic heterocycles. The molecule has 4 aliphatic rings. The van der Waals surface area contributed by atoms with Crippen LogP contribution in [0, 0.1) is 34.5 Å². The zero-order chi connectivity index (χ0) is 20.0. The van der Waals surface area contributed by atoms with Gasteiger partial charge in [0.2, 0.25) is 0 Å². The summed E-state index contributed by atoms with van der Waals surface area (Å²) in [5, 5.41) is 0. The van der Waals surface area contributed by atoms with Crippen molar-refractivity contribution in [3.63, 3.8) is 0 Å². The predicted molar refractivity (Wildman–Crippen MR) is 105 cm³/mol. The van der Waals surface area contributed by atoms with Gasteiger partial charge in [-0.25, -0.2) is 4.79 Å². The predicted octanol–water partition coefficient (Wildman–Crippen LogP) is 5.14. The molecule has 4 bridgehead atoms. The molecule has 0 aromatic carbocycles. The van der Waals surface area contributed by atoms with E-state index >= 15 is 0 Å². The van der Waals surface area contributed by atoms with Crippen LogP contribution in [0.2, 0.25) is 0 Å². The summed E-state index contributed by atoms with van der Waals surface area (Å²) in [5.41, 5.74) is 0.131. The van der Waals surface area contributed by atoms with Crippen LogP contribution in [0.1, 0.15) is 86.5 Å². The highest BCUT2D eigenvalue weighted by Crippen LogP contribution is 2.66. The first-order valence-corrected chi connectivity index (χ1v) is 10.8. The fraction of sp³-hybridized carbons (Fsp3) is 0.913. The SMILES string of the molecule is CCC(C)C(=O)OCC(=O)OC1(CC(C)(C)C)C2CC3CC1CC(C)(C3)C2. The lowest BCUT2D eigenvalue weighted by molar-refractivity contribution is -0.234. The van der Waals surface area contributed by atoms with Crippen LogP contribution in [-0.2, 0) is 19.1 Å². The van der Waals surface area contributed by atoms with Crippen molar-refractivity contribution in [2.45, 2.75) is 92.1 Å². The lowest BCUT2D eigenvalue weighted by Crippen LogP contribution is -2.63. The summed E-state index contributed by atoms with van der Waals surface area (Å²) in [6.45, 7) is 12.6. The van der Waals surface area contributed by atoms with E-state index in [1.54, 1.807) is 0 Å². The summed E-state index contributed by atoms with van der Waals surface area (Å²) in [6, 6.07) is 0.